The first kappa shape index (κ1) is 29.2. The Morgan fingerprint density at radius 1 is 1.10 bits per heavy atom. The normalized spacial score (nSPS) is 18.9. The molecule has 1 atom stereocenters. The Labute approximate surface area is 239 Å². The molecule has 1 unspecified atom stereocenters. The first-order valence-electron chi connectivity index (χ1n) is 13.5. The van der Waals surface area contributed by atoms with Gasteiger partial charge in [-0.15, -0.1) is 11.0 Å². The molecule has 1 amide bonds. The largest absolute Gasteiger partial charge is 0.493 e. The lowest BCUT2D eigenvalue weighted by molar-refractivity contribution is -0.203. The van der Waals surface area contributed by atoms with E-state index in [1.54, 1.807) is 28.9 Å². The van der Waals surface area contributed by atoms with Gasteiger partial charge in [0.15, 0.2) is 12.0 Å². The lowest BCUT2D eigenvalue weighted by atomic mass is 10.2. The summed E-state index contributed by atoms with van der Waals surface area (Å²) in [4.78, 5) is 52.7. The average molecular weight is 590 g/mol. The number of hydrogen-bond donors (Lipinski definition) is 1. The Morgan fingerprint density at radius 3 is 2.38 bits per heavy atom. The third kappa shape index (κ3) is 5.72. The summed E-state index contributed by atoms with van der Waals surface area (Å²) in [5.74, 6) is 2.94. The number of anilines is 2. The van der Waals surface area contributed by atoms with Crippen LogP contribution in [0.3, 0.4) is 0 Å². The first-order chi connectivity index (χ1) is 20.1. The number of halogens is 3. The number of aromatic nitrogens is 2. The number of piperazine rings is 1. The molecule has 1 aromatic carbocycles. The zero-order valence-corrected chi connectivity index (χ0v) is 23.1. The van der Waals surface area contributed by atoms with E-state index in [0.717, 1.165) is 17.4 Å². The number of alkyl halides is 3. The van der Waals surface area contributed by atoms with Gasteiger partial charge in [0.1, 0.15) is 5.75 Å². The highest BCUT2D eigenvalue weighted by Gasteiger charge is 2.50. The Morgan fingerprint density at radius 2 is 1.76 bits per heavy atom. The number of hydroxylamine groups is 1. The number of nitrogens with zero attached hydrogens (tertiary/aromatic N) is 6. The van der Waals surface area contributed by atoms with Gasteiger partial charge in [-0.25, -0.2) is 4.79 Å². The fraction of sp³-hybridized carbons (Fsp3) is 0.481. The maximum atomic E-state index is 13.7. The molecule has 0 bridgehead atoms. The summed E-state index contributed by atoms with van der Waals surface area (Å²) in [6.07, 6.45) is -4.49. The monoisotopic (exact) mass is 589 g/mol. The lowest BCUT2D eigenvalue weighted by Crippen LogP contribution is -2.61. The minimum atomic E-state index is -5.29. The van der Waals surface area contributed by atoms with Gasteiger partial charge in [-0.05, 0) is 44.0 Å². The molecule has 42 heavy (non-hydrogen) atoms. The molecule has 5 rings (SSSR count). The van der Waals surface area contributed by atoms with Crippen LogP contribution in [0.15, 0.2) is 29.1 Å². The van der Waals surface area contributed by atoms with Gasteiger partial charge in [0.2, 0.25) is 5.82 Å². The molecular formula is C27H30F3N7O5. The van der Waals surface area contributed by atoms with Crippen molar-refractivity contribution in [3.05, 3.63) is 40.2 Å². The third-order valence-electron chi connectivity index (χ3n) is 7.21. The van der Waals surface area contributed by atoms with Crippen LogP contribution in [0.5, 0.6) is 11.8 Å². The number of likely N-dealkylation sites (tertiary alicyclic amines) is 1. The number of carbonyl (C=O) groups excluding carboxylic acids is 2. The second-order valence-corrected chi connectivity index (χ2v) is 9.95. The predicted molar refractivity (Wildman–Crippen MR) is 145 cm³/mol. The van der Waals surface area contributed by atoms with Crippen molar-refractivity contribution >= 4 is 23.4 Å². The van der Waals surface area contributed by atoms with E-state index in [-0.39, 0.29) is 35.7 Å². The van der Waals surface area contributed by atoms with Crippen molar-refractivity contribution in [2.75, 3.05) is 55.8 Å². The Hall–Kier alpha value is -4.29. The second kappa shape index (κ2) is 11.9. The zero-order chi connectivity index (χ0) is 30.0. The molecule has 3 aliphatic rings. The molecule has 1 N–H and O–H groups in total. The molecule has 0 spiro atoms. The summed E-state index contributed by atoms with van der Waals surface area (Å²) < 4.78 is 47.0. The van der Waals surface area contributed by atoms with Gasteiger partial charge in [-0.2, -0.15) is 18.2 Å². The van der Waals surface area contributed by atoms with Crippen LogP contribution < -0.4 is 25.6 Å². The standard InChI is InChI=1S/C27H30F3N7O5/c1-3-4-15-36-20-21(37(42-24(40)27(28,29)30)26(36)35-16-11-31-12-17-35)32-25(33(2)23(20)39)41-19-9-7-18(8-10-19)22(38)34-13-5-6-14-34/h7-10,26,31H,5-6,11-17H2,1-2H3. The SMILES string of the molecule is CC#CCN1c2c(nc(Oc3ccc(C(=O)N4CCCC4)cc3)n(C)c2=O)N(OC(=O)C(F)(F)F)C1N1CCNCC1. The van der Waals surface area contributed by atoms with E-state index in [9.17, 15) is 27.6 Å². The number of hydrogen-bond acceptors (Lipinski definition) is 10. The van der Waals surface area contributed by atoms with Gasteiger partial charge in [-0.1, -0.05) is 5.92 Å². The van der Waals surface area contributed by atoms with Crippen LogP contribution in [0.25, 0.3) is 0 Å². The van der Waals surface area contributed by atoms with Gasteiger partial charge in [0.05, 0.1) is 6.54 Å². The molecule has 12 nitrogen and oxygen atoms in total. The number of carbonyl (C=O) groups is 2. The van der Waals surface area contributed by atoms with E-state index in [2.05, 4.69) is 22.1 Å². The molecular weight excluding hydrogens is 559 g/mol. The minimum Gasteiger partial charge on any atom is -0.425 e. The molecule has 15 heteroatoms. The molecule has 0 radical (unpaired) electrons. The molecule has 2 saturated heterocycles. The predicted octanol–water partition coefficient (Wildman–Crippen LogP) is 1.67. The van der Waals surface area contributed by atoms with Crippen molar-refractivity contribution in [2.45, 2.75) is 32.2 Å². The Balaban J connectivity index is 1.52. The molecule has 1 aromatic heterocycles. The summed E-state index contributed by atoms with van der Waals surface area (Å²) in [7, 11) is 1.41. The van der Waals surface area contributed by atoms with Gasteiger partial charge in [0.25, 0.3) is 11.5 Å². The van der Waals surface area contributed by atoms with Crippen molar-refractivity contribution in [3.8, 4) is 23.6 Å². The number of rotatable bonds is 6. The fourth-order valence-corrected chi connectivity index (χ4v) is 5.10. The zero-order valence-electron chi connectivity index (χ0n) is 23.1. The number of fused-ring (bicyclic) bond motifs is 1. The van der Waals surface area contributed by atoms with E-state index < -0.39 is 24.0 Å². The van der Waals surface area contributed by atoms with Crippen molar-refractivity contribution < 1.29 is 32.3 Å². The van der Waals surface area contributed by atoms with Gasteiger partial charge in [-0.3, -0.25) is 19.1 Å². The number of nitrogens with one attached hydrogen (secondary N) is 1. The topological polar surface area (TPSA) is 112 Å². The van der Waals surface area contributed by atoms with Crippen LogP contribution >= 0.6 is 0 Å². The maximum absolute atomic E-state index is 13.7. The van der Waals surface area contributed by atoms with Crippen LogP contribution in [-0.2, 0) is 16.7 Å². The molecule has 0 saturated carbocycles. The van der Waals surface area contributed by atoms with E-state index in [1.807, 2.05) is 0 Å². The molecule has 2 fully saturated rings. The Kier molecular flexibility index (Phi) is 8.28. The summed E-state index contributed by atoms with van der Waals surface area (Å²) in [6, 6.07) is 6.00. The smallest absolute Gasteiger partial charge is 0.425 e. The average Bonchev–Trinajstić information content (AvgIpc) is 3.62. The van der Waals surface area contributed by atoms with Crippen molar-refractivity contribution in [1.29, 1.82) is 0 Å². The first-order valence-corrected chi connectivity index (χ1v) is 13.5. The lowest BCUT2D eigenvalue weighted by Gasteiger charge is -2.40. The number of benzene rings is 1. The Bertz CT molecular complexity index is 1460. The van der Waals surface area contributed by atoms with Crippen LogP contribution in [0.2, 0.25) is 0 Å². The second-order valence-electron chi connectivity index (χ2n) is 9.95. The minimum absolute atomic E-state index is 0.0399. The highest BCUT2D eigenvalue weighted by atomic mass is 19.4. The van der Waals surface area contributed by atoms with E-state index in [0.29, 0.717) is 49.9 Å². The van der Waals surface area contributed by atoms with E-state index >= 15 is 0 Å². The summed E-state index contributed by atoms with van der Waals surface area (Å²) in [5.41, 5.74) is -0.256. The van der Waals surface area contributed by atoms with Crippen LogP contribution in [-0.4, -0.2) is 89.5 Å². The van der Waals surface area contributed by atoms with E-state index in [4.69, 9.17) is 9.57 Å². The van der Waals surface area contributed by atoms with Crippen LogP contribution in [0.4, 0.5) is 24.7 Å². The maximum Gasteiger partial charge on any atom is 0.493 e. The molecule has 224 valence electrons. The fourth-order valence-electron chi connectivity index (χ4n) is 5.10. The van der Waals surface area contributed by atoms with Crippen molar-refractivity contribution in [1.82, 2.24) is 24.7 Å². The summed E-state index contributed by atoms with van der Waals surface area (Å²) in [5, 5.41) is 3.87. The van der Waals surface area contributed by atoms with Gasteiger partial charge < -0.3 is 24.7 Å². The van der Waals surface area contributed by atoms with Gasteiger partial charge in [0, 0.05) is 51.9 Å². The number of ether oxygens (including phenoxy) is 1. The van der Waals surface area contributed by atoms with Crippen molar-refractivity contribution in [3.63, 3.8) is 0 Å². The quantitative estimate of drug-likeness (QED) is 0.500. The summed E-state index contributed by atoms with van der Waals surface area (Å²) >= 11 is 0. The van der Waals surface area contributed by atoms with Crippen LogP contribution in [0, 0.1) is 11.8 Å². The highest BCUT2D eigenvalue weighted by molar-refractivity contribution is 5.94. The highest BCUT2D eigenvalue weighted by Crippen LogP contribution is 2.39. The van der Waals surface area contributed by atoms with Crippen LogP contribution in [0.1, 0.15) is 30.1 Å². The van der Waals surface area contributed by atoms with Gasteiger partial charge >= 0.3 is 18.2 Å². The third-order valence-corrected chi connectivity index (χ3v) is 7.21. The van der Waals surface area contributed by atoms with Crippen molar-refractivity contribution in [2.24, 2.45) is 7.05 Å². The number of amides is 1. The molecule has 3 aliphatic heterocycles. The van der Waals surface area contributed by atoms with E-state index in [1.165, 1.54) is 24.1 Å². The molecule has 2 aromatic rings. The molecule has 0 aliphatic carbocycles. The summed E-state index contributed by atoms with van der Waals surface area (Å²) in [6.45, 7) is 4.78. The molecule has 4 heterocycles.